The summed E-state index contributed by atoms with van der Waals surface area (Å²) >= 11 is 0. The summed E-state index contributed by atoms with van der Waals surface area (Å²) in [5.74, 6) is 0.0917. The van der Waals surface area contributed by atoms with Crippen LogP contribution in [0.2, 0.25) is 0 Å². The first kappa shape index (κ1) is 20.6. The van der Waals surface area contributed by atoms with Crippen LogP contribution in [0.4, 0.5) is 5.95 Å². The molecular formula is C17H23N5O4S. The van der Waals surface area contributed by atoms with Crippen molar-refractivity contribution in [1.29, 1.82) is 0 Å². The number of aromatic nitrogens is 2. The number of carbonyl (C=O) groups excluding carboxylic acids is 1. The number of hydrogen-bond donors (Lipinski definition) is 3. The number of methoxy groups -OCH3 is 1. The smallest absolute Gasteiger partial charge is 0.245 e. The molecule has 2 aromatic rings. The predicted octanol–water partition coefficient (Wildman–Crippen LogP) is 1.22. The summed E-state index contributed by atoms with van der Waals surface area (Å²) in [4.78, 5) is 20.0. The monoisotopic (exact) mass is 393 g/mol. The first-order chi connectivity index (χ1) is 12.7. The average Bonchev–Trinajstić information content (AvgIpc) is 2.58. The van der Waals surface area contributed by atoms with Crippen LogP contribution in [0.5, 0.6) is 5.88 Å². The lowest BCUT2D eigenvalue weighted by Gasteiger charge is -2.13. The van der Waals surface area contributed by atoms with E-state index in [0.717, 1.165) is 5.56 Å². The normalized spacial score (nSPS) is 11.1. The van der Waals surface area contributed by atoms with Crippen LogP contribution in [0.1, 0.15) is 23.1 Å². The number of nitrogens with one attached hydrogen (secondary N) is 3. The minimum Gasteiger partial charge on any atom is -0.481 e. The van der Waals surface area contributed by atoms with Gasteiger partial charge in [0, 0.05) is 25.2 Å². The van der Waals surface area contributed by atoms with Crippen molar-refractivity contribution in [2.24, 2.45) is 0 Å². The molecule has 0 spiro atoms. The topological polar surface area (TPSA) is 122 Å². The van der Waals surface area contributed by atoms with Crippen molar-refractivity contribution >= 4 is 21.9 Å². The van der Waals surface area contributed by atoms with Crippen LogP contribution in [0.15, 0.2) is 29.3 Å². The van der Waals surface area contributed by atoms with Crippen LogP contribution in [0, 0.1) is 20.8 Å². The summed E-state index contributed by atoms with van der Waals surface area (Å²) < 4.78 is 32.5. The number of hydrogen-bond acceptors (Lipinski definition) is 7. The molecule has 0 aliphatic carbocycles. The molecule has 0 aliphatic rings. The third kappa shape index (κ3) is 5.63. The Morgan fingerprint density at radius 3 is 2.48 bits per heavy atom. The molecule has 1 heterocycles. The fourth-order valence-electron chi connectivity index (χ4n) is 2.67. The number of amides is 1. The van der Waals surface area contributed by atoms with Crippen molar-refractivity contribution in [2.75, 3.05) is 19.1 Å². The Labute approximate surface area is 158 Å². The molecule has 27 heavy (non-hydrogen) atoms. The van der Waals surface area contributed by atoms with Gasteiger partial charge in [-0.15, -0.1) is 0 Å². The van der Waals surface area contributed by atoms with Gasteiger partial charge in [-0.2, -0.15) is 4.98 Å². The average molecular weight is 393 g/mol. The lowest BCUT2D eigenvalue weighted by molar-refractivity contribution is -0.120. The van der Waals surface area contributed by atoms with Gasteiger partial charge in [0.15, 0.2) is 0 Å². The van der Waals surface area contributed by atoms with E-state index >= 15 is 0 Å². The molecule has 0 atom stereocenters. The number of carbonyl (C=O) groups is 1. The molecule has 3 N–H and O–H groups in total. The lowest BCUT2D eigenvalue weighted by atomic mass is 10.1. The number of sulfonamides is 1. The van der Waals surface area contributed by atoms with Crippen molar-refractivity contribution in [1.82, 2.24) is 20.1 Å². The molecular weight excluding hydrogens is 370 g/mol. The summed E-state index contributed by atoms with van der Waals surface area (Å²) in [5, 5.41) is 0. The van der Waals surface area contributed by atoms with Crippen molar-refractivity contribution in [3.05, 3.63) is 41.1 Å². The molecule has 9 nitrogen and oxygen atoms in total. The maximum Gasteiger partial charge on any atom is 0.245 e. The first-order valence-electron chi connectivity index (χ1n) is 8.22. The molecule has 0 bridgehead atoms. The van der Waals surface area contributed by atoms with Gasteiger partial charge in [0.05, 0.1) is 12.0 Å². The van der Waals surface area contributed by atoms with Crippen LogP contribution < -0.4 is 20.3 Å². The fraction of sp³-hybridized carbons (Fsp3) is 0.353. The van der Waals surface area contributed by atoms with Crippen molar-refractivity contribution in [3.63, 3.8) is 0 Å². The van der Waals surface area contributed by atoms with E-state index in [1.165, 1.54) is 13.3 Å². The molecule has 1 aromatic heterocycles. The third-order valence-electron chi connectivity index (χ3n) is 3.67. The lowest BCUT2D eigenvalue weighted by Crippen LogP contribution is -2.34. The molecule has 1 amide bonds. The summed E-state index contributed by atoms with van der Waals surface area (Å²) in [6, 6.07) is 5.19. The summed E-state index contributed by atoms with van der Waals surface area (Å²) in [6.45, 7) is 5.37. The molecule has 0 saturated carbocycles. The number of anilines is 1. The molecule has 0 fully saturated rings. The van der Waals surface area contributed by atoms with Crippen LogP contribution in [-0.2, 0) is 14.8 Å². The predicted molar refractivity (Wildman–Crippen MR) is 101 cm³/mol. The number of aryl methyl sites for hydroxylation is 3. The highest BCUT2D eigenvalue weighted by atomic mass is 32.2. The fourth-order valence-corrected chi connectivity index (χ4v) is 4.15. The summed E-state index contributed by atoms with van der Waals surface area (Å²) in [5.41, 5.74) is 7.28. The Hall–Kier alpha value is -2.72. The Morgan fingerprint density at radius 1 is 1.19 bits per heavy atom. The molecule has 10 heteroatoms. The van der Waals surface area contributed by atoms with Gasteiger partial charge in [0.1, 0.15) is 0 Å². The first-order valence-corrected chi connectivity index (χ1v) is 9.70. The van der Waals surface area contributed by atoms with Gasteiger partial charge in [0.2, 0.25) is 27.8 Å². The van der Waals surface area contributed by atoms with Gasteiger partial charge in [-0.1, -0.05) is 17.7 Å². The summed E-state index contributed by atoms with van der Waals surface area (Å²) in [7, 11) is -2.24. The van der Waals surface area contributed by atoms with Crippen LogP contribution >= 0.6 is 0 Å². The Bertz CT molecular complexity index is 908. The van der Waals surface area contributed by atoms with Crippen molar-refractivity contribution in [2.45, 2.75) is 32.1 Å². The largest absolute Gasteiger partial charge is 0.481 e. The summed E-state index contributed by atoms with van der Waals surface area (Å²) in [6.07, 6.45) is 1.42. The van der Waals surface area contributed by atoms with E-state index < -0.39 is 15.9 Å². The number of nitrogens with zero attached hydrogens (tertiary/aromatic N) is 2. The second-order valence-electron chi connectivity index (χ2n) is 5.97. The molecule has 1 aromatic carbocycles. The van der Waals surface area contributed by atoms with Gasteiger partial charge < -0.3 is 4.74 Å². The van der Waals surface area contributed by atoms with E-state index in [9.17, 15) is 13.2 Å². The molecule has 0 aliphatic heterocycles. The van der Waals surface area contributed by atoms with Crippen LogP contribution in [0.25, 0.3) is 0 Å². The molecule has 146 valence electrons. The van der Waals surface area contributed by atoms with Gasteiger partial charge >= 0.3 is 0 Å². The van der Waals surface area contributed by atoms with Crippen LogP contribution in [-0.4, -0.2) is 37.9 Å². The van der Waals surface area contributed by atoms with Crippen molar-refractivity contribution in [3.8, 4) is 5.88 Å². The van der Waals surface area contributed by atoms with Gasteiger partial charge in [-0.05, 0) is 31.9 Å². The Kier molecular flexibility index (Phi) is 6.70. The maximum absolute atomic E-state index is 12.5. The molecule has 0 unspecified atom stereocenters. The second-order valence-corrected chi connectivity index (χ2v) is 7.68. The maximum atomic E-state index is 12.5. The number of rotatable bonds is 8. The minimum atomic E-state index is -3.70. The molecule has 0 radical (unpaired) electrons. The number of hydrazine groups is 1. The molecule has 2 rings (SSSR count). The highest BCUT2D eigenvalue weighted by Gasteiger charge is 2.19. The Balaban J connectivity index is 1.88. The van der Waals surface area contributed by atoms with E-state index in [4.69, 9.17) is 4.74 Å². The quantitative estimate of drug-likeness (QED) is 0.576. The second kappa shape index (κ2) is 8.78. The third-order valence-corrected chi connectivity index (χ3v) is 5.44. The van der Waals surface area contributed by atoms with E-state index in [0.29, 0.717) is 17.0 Å². The van der Waals surface area contributed by atoms with Crippen LogP contribution in [0.3, 0.4) is 0 Å². The zero-order chi connectivity index (χ0) is 20.0. The van der Waals surface area contributed by atoms with Gasteiger partial charge in [0.25, 0.3) is 0 Å². The number of ether oxygens (including phenoxy) is 1. The highest BCUT2D eigenvalue weighted by Crippen LogP contribution is 2.21. The SMILES string of the molecule is COc1ccnc(NNC(=O)CCNS(=O)(=O)c2c(C)cc(C)cc2C)n1. The Morgan fingerprint density at radius 2 is 1.85 bits per heavy atom. The van der Waals surface area contributed by atoms with E-state index in [1.54, 1.807) is 19.9 Å². The minimum absolute atomic E-state index is 0.0401. The van der Waals surface area contributed by atoms with E-state index in [2.05, 4.69) is 25.5 Å². The van der Waals surface area contributed by atoms with E-state index in [-0.39, 0.29) is 23.8 Å². The highest BCUT2D eigenvalue weighted by molar-refractivity contribution is 7.89. The molecule has 0 saturated heterocycles. The van der Waals surface area contributed by atoms with Gasteiger partial charge in [-0.3, -0.25) is 15.6 Å². The number of benzene rings is 1. The zero-order valence-electron chi connectivity index (χ0n) is 15.7. The standard InChI is InChI=1S/C17H23N5O4S/c1-11-9-12(2)16(13(3)10-11)27(24,25)19-8-5-14(23)21-22-17-18-7-6-15(20-17)26-4/h6-7,9-10,19H,5,8H2,1-4H3,(H,21,23)(H,18,20,22). The van der Waals surface area contributed by atoms with Crippen molar-refractivity contribution < 1.29 is 17.9 Å². The van der Waals surface area contributed by atoms with E-state index in [1.807, 2.05) is 19.1 Å². The van der Waals surface area contributed by atoms with Gasteiger partial charge in [-0.25, -0.2) is 18.1 Å². The zero-order valence-corrected chi connectivity index (χ0v) is 16.5.